The third kappa shape index (κ3) is 4.46. The maximum Gasteiger partial charge on any atom is 0.000936 e. The molecule has 0 aromatic carbocycles. The summed E-state index contributed by atoms with van der Waals surface area (Å²) in [5.74, 6) is 4.80. The van der Waals surface area contributed by atoms with Crippen LogP contribution in [0.5, 0.6) is 0 Å². The zero-order chi connectivity index (χ0) is 14.5. The van der Waals surface area contributed by atoms with Crippen LogP contribution in [-0.2, 0) is 0 Å². The van der Waals surface area contributed by atoms with E-state index in [-0.39, 0.29) is 0 Å². The minimum atomic E-state index is 0.787. The molecule has 0 aromatic rings. The smallest absolute Gasteiger partial charge is 0.000936 e. The largest absolute Gasteiger partial charge is 0.330 e. The molecule has 20 heavy (non-hydrogen) atoms. The molecule has 2 rings (SSSR count). The Balaban J connectivity index is 1.61. The van der Waals surface area contributed by atoms with Crippen LogP contribution in [0.15, 0.2) is 0 Å². The molecule has 0 spiro atoms. The maximum absolute atomic E-state index is 5.73. The molecule has 2 heteroatoms. The molecule has 2 nitrogen and oxygen atoms in total. The van der Waals surface area contributed by atoms with Crippen LogP contribution in [0.25, 0.3) is 0 Å². The Kier molecular flexibility index (Phi) is 6.35. The van der Waals surface area contributed by atoms with Crippen molar-refractivity contribution >= 4 is 0 Å². The van der Waals surface area contributed by atoms with Crippen molar-refractivity contribution in [1.82, 2.24) is 4.90 Å². The highest BCUT2D eigenvalue weighted by Gasteiger charge is 2.39. The van der Waals surface area contributed by atoms with Gasteiger partial charge in [0, 0.05) is 6.54 Å². The monoisotopic (exact) mass is 280 g/mol. The van der Waals surface area contributed by atoms with Crippen LogP contribution in [0.1, 0.15) is 58.8 Å². The van der Waals surface area contributed by atoms with E-state index in [9.17, 15) is 0 Å². The van der Waals surface area contributed by atoms with Gasteiger partial charge in [0.2, 0.25) is 0 Å². The summed E-state index contributed by atoms with van der Waals surface area (Å²) < 4.78 is 0. The van der Waals surface area contributed by atoms with Crippen LogP contribution in [0.4, 0.5) is 0 Å². The molecule has 2 saturated carbocycles. The molecule has 0 aliphatic heterocycles. The van der Waals surface area contributed by atoms with Crippen molar-refractivity contribution in [2.75, 3.05) is 26.7 Å². The second-order valence-electron chi connectivity index (χ2n) is 7.92. The highest BCUT2D eigenvalue weighted by molar-refractivity contribution is 4.90. The van der Waals surface area contributed by atoms with Crippen molar-refractivity contribution in [3.05, 3.63) is 0 Å². The molecule has 2 bridgehead atoms. The van der Waals surface area contributed by atoms with Crippen LogP contribution in [0.2, 0.25) is 0 Å². The molecule has 4 unspecified atom stereocenters. The number of fused-ring (bicyclic) bond motifs is 2. The minimum Gasteiger partial charge on any atom is -0.330 e. The average molecular weight is 280 g/mol. The highest BCUT2D eigenvalue weighted by atomic mass is 15.1. The Morgan fingerprint density at radius 2 is 1.95 bits per heavy atom. The molecule has 0 heterocycles. The SMILES string of the molecule is CC(C)C(CCN)CCCN(C)CC1CC2CCC1C2. The molecule has 2 N–H and O–H groups in total. The zero-order valence-corrected chi connectivity index (χ0v) is 14.0. The first-order valence-electron chi connectivity index (χ1n) is 8.98. The van der Waals surface area contributed by atoms with Gasteiger partial charge in [-0.1, -0.05) is 20.3 Å². The summed E-state index contributed by atoms with van der Waals surface area (Å²) in [6, 6.07) is 0. The van der Waals surface area contributed by atoms with Gasteiger partial charge >= 0.3 is 0 Å². The lowest BCUT2D eigenvalue weighted by Crippen LogP contribution is -2.30. The average Bonchev–Trinajstić information content (AvgIpc) is 2.99. The fourth-order valence-corrected chi connectivity index (χ4v) is 4.74. The number of hydrogen-bond acceptors (Lipinski definition) is 2. The van der Waals surface area contributed by atoms with Crippen LogP contribution in [-0.4, -0.2) is 31.6 Å². The molecule has 0 amide bonds. The maximum atomic E-state index is 5.73. The van der Waals surface area contributed by atoms with Gasteiger partial charge in [0.15, 0.2) is 0 Å². The molecular formula is C18H36N2. The summed E-state index contributed by atoms with van der Waals surface area (Å²) >= 11 is 0. The van der Waals surface area contributed by atoms with Crippen molar-refractivity contribution in [1.29, 1.82) is 0 Å². The summed E-state index contributed by atoms with van der Waals surface area (Å²) in [6.45, 7) is 8.18. The van der Waals surface area contributed by atoms with Crippen LogP contribution >= 0.6 is 0 Å². The van der Waals surface area contributed by atoms with Gasteiger partial charge in [-0.15, -0.1) is 0 Å². The van der Waals surface area contributed by atoms with Crippen molar-refractivity contribution in [3.63, 3.8) is 0 Å². The minimum absolute atomic E-state index is 0.787. The summed E-state index contributed by atoms with van der Waals surface area (Å²) in [6.07, 6.45) is 10.0. The molecule has 2 fully saturated rings. The second kappa shape index (κ2) is 7.79. The van der Waals surface area contributed by atoms with Crippen LogP contribution in [0.3, 0.4) is 0 Å². The van der Waals surface area contributed by atoms with Crippen molar-refractivity contribution in [3.8, 4) is 0 Å². The van der Waals surface area contributed by atoms with Gasteiger partial charge < -0.3 is 10.6 Å². The number of rotatable bonds is 9. The quantitative estimate of drug-likeness (QED) is 0.697. The molecule has 0 radical (unpaired) electrons. The Morgan fingerprint density at radius 3 is 2.50 bits per heavy atom. The molecular weight excluding hydrogens is 244 g/mol. The first-order valence-corrected chi connectivity index (χ1v) is 8.98. The predicted molar refractivity (Wildman–Crippen MR) is 87.7 cm³/mol. The van der Waals surface area contributed by atoms with Gasteiger partial charge in [-0.25, -0.2) is 0 Å². The van der Waals surface area contributed by atoms with E-state index in [0.717, 1.165) is 36.1 Å². The Labute approximate surface area is 126 Å². The Morgan fingerprint density at radius 1 is 1.15 bits per heavy atom. The predicted octanol–water partition coefficient (Wildman–Crippen LogP) is 3.76. The topological polar surface area (TPSA) is 29.3 Å². The van der Waals surface area contributed by atoms with Crippen molar-refractivity contribution < 1.29 is 0 Å². The van der Waals surface area contributed by atoms with Crippen molar-refractivity contribution in [2.24, 2.45) is 35.3 Å². The molecule has 4 atom stereocenters. The summed E-state index contributed by atoms with van der Waals surface area (Å²) in [7, 11) is 2.33. The first-order chi connectivity index (χ1) is 9.60. The standard InChI is InChI=1S/C18H36N2/c1-14(2)16(8-9-19)5-4-10-20(3)13-18-12-15-6-7-17(18)11-15/h14-18H,4-13,19H2,1-3H3. The van der Waals surface area contributed by atoms with Crippen molar-refractivity contribution in [2.45, 2.75) is 58.8 Å². The van der Waals surface area contributed by atoms with Gasteiger partial charge in [-0.3, -0.25) is 0 Å². The molecule has 2 aliphatic rings. The molecule has 118 valence electrons. The third-order valence-corrected chi connectivity index (χ3v) is 6.03. The number of hydrogen-bond donors (Lipinski definition) is 1. The lowest BCUT2D eigenvalue weighted by Gasteiger charge is -2.28. The van der Waals surface area contributed by atoms with Crippen LogP contribution in [0, 0.1) is 29.6 Å². The van der Waals surface area contributed by atoms with E-state index in [2.05, 4.69) is 25.8 Å². The summed E-state index contributed by atoms with van der Waals surface area (Å²) in [4.78, 5) is 2.60. The van der Waals surface area contributed by atoms with E-state index in [0.29, 0.717) is 0 Å². The van der Waals surface area contributed by atoms with Gasteiger partial charge in [0.05, 0.1) is 0 Å². The highest BCUT2D eigenvalue weighted by Crippen LogP contribution is 2.48. The van der Waals surface area contributed by atoms with Crippen LogP contribution < -0.4 is 5.73 Å². The fourth-order valence-electron chi connectivity index (χ4n) is 4.74. The van der Waals surface area contributed by atoms with Gasteiger partial charge in [0.1, 0.15) is 0 Å². The summed E-state index contributed by atoms with van der Waals surface area (Å²) in [5, 5.41) is 0. The van der Waals surface area contributed by atoms with E-state index in [4.69, 9.17) is 5.73 Å². The fraction of sp³-hybridized carbons (Fsp3) is 1.00. The normalized spacial score (nSPS) is 30.6. The van der Waals surface area contributed by atoms with Gasteiger partial charge in [0.25, 0.3) is 0 Å². The van der Waals surface area contributed by atoms with E-state index in [1.807, 2.05) is 0 Å². The lowest BCUT2D eigenvalue weighted by atomic mass is 9.87. The van der Waals surface area contributed by atoms with E-state index in [1.165, 1.54) is 51.6 Å². The van der Waals surface area contributed by atoms with E-state index < -0.39 is 0 Å². The summed E-state index contributed by atoms with van der Waals surface area (Å²) in [5.41, 5.74) is 5.73. The number of nitrogens with zero attached hydrogens (tertiary/aromatic N) is 1. The third-order valence-electron chi connectivity index (χ3n) is 6.03. The van der Waals surface area contributed by atoms with E-state index in [1.54, 1.807) is 6.42 Å². The van der Waals surface area contributed by atoms with Gasteiger partial charge in [-0.05, 0) is 88.3 Å². The second-order valence-corrected chi connectivity index (χ2v) is 7.92. The number of nitrogens with two attached hydrogens (primary N) is 1. The van der Waals surface area contributed by atoms with E-state index >= 15 is 0 Å². The first kappa shape index (κ1) is 16.3. The molecule has 0 aromatic heterocycles. The zero-order valence-electron chi connectivity index (χ0n) is 14.0. The molecule has 2 aliphatic carbocycles. The lowest BCUT2D eigenvalue weighted by molar-refractivity contribution is 0.210. The Hall–Kier alpha value is -0.0800. The molecule has 0 saturated heterocycles. The Bertz CT molecular complexity index is 277. The van der Waals surface area contributed by atoms with Gasteiger partial charge in [-0.2, -0.15) is 0 Å².